The molecule has 0 aliphatic rings. The molecule has 1 unspecified atom stereocenters. The van der Waals surface area contributed by atoms with Crippen molar-refractivity contribution in [1.29, 1.82) is 0 Å². The average Bonchev–Trinajstić information content (AvgIpc) is 1.62. The molecule has 9 heavy (non-hydrogen) atoms. The van der Waals surface area contributed by atoms with Crippen LogP contribution in [0, 0.1) is 5.92 Å². The molecule has 0 bridgehead atoms. The molecule has 0 aromatic carbocycles. The Morgan fingerprint density at radius 3 is 1.67 bits per heavy atom. The van der Waals surface area contributed by atoms with Crippen molar-refractivity contribution in [1.82, 2.24) is 0 Å². The molecule has 0 saturated heterocycles. The molecule has 0 spiro atoms. The fraction of sp³-hybridized carbons (Fsp3) is 1.00. The van der Waals surface area contributed by atoms with Gasteiger partial charge in [0, 0.05) is 0 Å². The van der Waals surface area contributed by atoms with Crippen LogP contribution in [0.15, 0.2) is 0 Å². The third-order valence-electron chi connectivity index (χ3n) is 1.40. The van der Waals surface area contributed by atoms with Gasteiger partial charge in [0.05, 0.1) is 12.9 Å². The van der Waals surface area contributed by atoms with Gasteiger partial charge in [-0.1, -0.05) is 13.8 Å². The van der Waals surface area contributed by atoms with Gasteiger partial charge in [-0.3, -0.25) is 0 Å². The van der Waals surface area contributed by atoms with Crippen LogP contribution in [0.2, 0.25) is 0 Å². The predicted octanol–water partition coefficient (Wildman–Crippen LogP) is 1.55. The van der Waals surface area contributed by atoms with Crippen molar-refractivity contribution in [2.24, 2.45) is 11.7 Å². The van der Waals surface area contributed by atoms with Gasteiger partial charge in [0.15, 0.2) is 0 Å². The first-order chi connectivity index (χ1) is 3.85. The maximum Gasteiger partial charge on any atom is 0.0979 e. The van der Waals surface area contributed by atoms with E-state index in [0.717, 1.165) is 0 Å². The number of hydrogen-bond donors (Lipinski definition) is 1. The van der Waals surface area contributed by atoms with Gasteiger partial charge < -0.3 is 10.3 Å². The molecule has 0 aliphatic carbocycles. The van der Waals surface area contributed by atoms with E-state index in [1.165, 1.54) is 0 Å². The molecule has 2 nitrogen and oxygen atoms in total. The summed E-state index contributed by atoms with van der Waals surface area (Å²) in [6.07, 6.45) is 0. The van der Waals surface area contributed by atoms with Crippen LogP contribution in [0.25, 0.3) is 0 Å². The van der Waals surface area contributed by atoms with Crippen molar-refractivity contribution in [3.63, 3.8) is 0 Å². The highest BCUT2D eigenvalue weighted by molar-refractivity contribution is 7.63. The molecule has 0 saturated carbocycles. The Hall–Kier alpha value is 0.190. The lowest BCUT2D eigenvalue weighted by Gasteiger charge is -2.19. The Balaban J connectivity index is 4.05. The van der Waals surface area contributed by atoms with E-state index in [-0.39, 0.29) is 5.78 Å². The molecule has 0 radical (unpaired) electrons. The molecule has 0 fully saturated rings. The molecule has 0 heterocycles. The molecule has 0 rings (SSSR count). The summed E-state index contributed by atoms with van der Waals surface area (Å²) in [6.45, 7) is 7.45. The SMILES string of the molecule is CC(C)C(N)P(C)(C)=O. The topological polar surface area (TPSA) is 43.1 Å². The van der Waals surface area contributed by atoms with E-state index in [0.29, 0.717) is 5.92 Å². The summed E-state index contributed by atoms with van der Waals surface area (Å²) in [4.78, 5) is 0. The van der Waals surface area contributed by atoms with Crippen molar-refractivity contribution in [2.75, 3.05) is 13.3 Å². The minimum atomic E-state index is -2.04. The smallest absolute Gasteiger partial charge is 0.0979 e. The van der Waals surface area contributed by atoms with Crippen LogP contribution >= 0.6 is 7.14 Å². The molecule has 0 amide bonds. The summed E-state index contributed by atoms with van der Waals surface area (Å²) in [5.41, 5.74) is 5.63. The molecule has 0 aromatic heterocycles. The van der Waals surface area contributed by atoms with Gasteiger partial charge in [0.2, 0.25) is 0 Å². The van der Waals surface area contributed by atoms with Gasteiger partial charge in [0.1, 0.15) is 0 Å². The quantitative estimate of drug-likeness (QED) is 0.605. The maximum absolute atomic E-state index is 11.2. The number of nitrogens with two attached hydrogens (primary N) is 1. The van der Waals surface area contributed by atoms with Gasteiger partial charge in [-0.15, -0.1) is 0 Å². The highest BCUT2D eigenvalue weighted by Crippen LogP contribution is 2.42. The van der Waals surface area contributed by atoms with E-state index in [1.807, 2.05) is 13.8 Å². The lowest BCUT2D eigenvalue weighted by molar-refractivity contribution is 0.539. The van der Waals surface area contributed by atoms with E-state index >= 15 is 0 Å². The fourth-order valence-electron chi connectivity index (χ4n) is 0.718. The lowest BCUT2D eigenvalue weighted by Crippen LogP contribution is -2.25. The molecular weight excluding hydrogens is 133 g/mol. The van der Waals surface area contributed by atoms with Gasteiger partial charge in [0.25, 0.3) is 0 Å². The Labute approximate surface area is 57.2 Å². The fourth-order valence-corrected chi connectivity index (χ4v) is 2.15. The Morgan fingerprint density at radius 1 is 1.33 bits per heavy atom. The largest absolute Gasteiger partial charge is 0.323 e. The minimum absolute atomic E-state index is 0.127. The zero-order valence-electron chi connectivity index (χ0n) is 6.59. The molecule has 2 N–H and O–H groups in total. The zero-order chi connectivity index (χ0) is 7.65. The van der Waals surface area contributed by atoms with E-state index in [9.17, 15) is 4.57 Å². The Bertz CT molecular complexity index is 127. The third kappa shape index (κ3) is 3.02. The summed E-state index contributed by atoms with van der Waals surface area (Å²) in [5, 5.41) is 0. The van der Waals surface area contributed by atoms with Crippen LogP contribution < -0.4 is 5.73 Å². The van der Waals surface area contributed by atoms with E-state index < -0.39 is 7.14 Å². The number of rotatable bonds is 2. The predicted molar refractivity (Wildman–Crippen MR) is 42.3 cm³/mol. The second-order valence-corrected chi connectivity index (χ2v) is 6.63. The summed E-state index contributed by atoms with van der Waals surface area (Å²) in [7, 11) is -2.04. The van der Waals surface area contributed by atoms with Crippen LogP contribution in [-0.4, -0.2) is 19.1 Å². The first kappa shape index (κ1) is 9.19. The van der Waals surface area contributed by atoms with E-state index in [2.05, 4.69) is 0 Å². The maximum atomic E-state index is 11.2. The molecule has 0 aliphatic heterocycles. The summed E-state index contributed by atoms with van der Waals surface area (Å²) < 4.78 is 11.2. The average molecular weight is 149 g/mol. The third-order valence-corrected chi connectivity index (χ3v) is 3.43. The van der Waals surface area contributed by atoms with Crippen molar-refractivity contribution in [3.05, 3.63) is 0 Å². The van der Waals surface area contributed by atoms with Crippen molar-refractivity contribution >= 4 is 7.14 Å². The second kappa shape index (κ2) is 2.85. The Morgan fingerprint density at radius 2 is 1.67 bits per heavy atom. The first-order valence-electron chi connectivity index (χ1n) is 3.16. The molecule has 1 atom stereocenters. The van der Waals surface area contributed by atoms with Gasteiger partial charge in [-0.2, -0.15) is 0 Å². The molecule has 56 valence electrons. The lowest BCUT2D eigenvalue weighted by atomic mass is 10.2. The number of hydrogen-bond acceptors (Lipinski definition) is 2. The monoisotopic (exact) mass is 149 g/mol. The van der Waals surface area contributed by atoms with Crippen molar-refractivity contribution < 1.29 is 4.57 Å². The van der Waals surface area contributed by atoms with Crippen LogP contribution in [0.3, 0.4) is 0 Å². The van der Waals surface area contributed by atoms with Crippen LogP contribution in [0.5, 0.6) is 0 Å². The van der Waals surface area contributed by atoms with Gasteiger partial charge >= 0.3 is 0 Å². The van der Waals surface area contributed by atoms with Crippen molar-refractivity contribution in [2.45, 2.75) is 19.6 Å². The van der Waals surface area contributed by atoms with Gasteiger partial charge in [-0.25, -0.2) is 0 Å². The van der Waals surface area contributed by atoms with Crippen LogP contribution in [0.1, 0.15) is 13.8 Å². The van der Waals surface area contributed by atoms with E-state index in [1.54, 1.807) is 13.3 Å². The molecule has 3 heteroatoms. The van der Waals surface area contributed by atoms with Gasteiger partial charge in [-0.05, 0) is 19.2 Å². The highest BCUT2D eigenvalue weighted by Gasteiger charge is 2.21. The van der Waals surface area contributed by atoms with Crippen LogP contribution in [0.4, 0.5) is 0 Å². The van der Waals surface area contributed by atoms with Crippen LogP contribution in [-0.2, 0) is 4.57 Å². The minimum Gasteiger partial charge on any atom is -0.323 e. The standard InChI is InChI=1S/C6H16NOP/c1-5(2)6(7)9(3,4)8/h5-6H,7H2,1-4H3. The van der Waals surface area contributed by atoms with E-state index in [4.69, 9.17) is 5.73 Å². The molecule has 0 aromatic rings. The second-order valence-electron chi connectivity index (χ2n) is 3.17. The van der Waals surface area contributed by atoms with Crippen molar-refractivity contribution in [3.8, 4) is 0 Å². The Kier molecular flexibility index (Phi) is 2.91. The summed E-state index contributed by atoms with van der Waals surface area (Å²) >= 11 is 0. The normalized spacial score (nSPS) is 16.2. The zero-order valence-corrected chi connectivity index (χ0v) is 7.48. The first-order valence-corrected chi connectivity index (χ1v) is 5.83. The highest BCUT2D eigenvalue weighted by atomic mass is 31.2. The molecular formula is C6H16NOP. The summed E-state index contributed by atoms with van der Waals surface area (Å²) in [5.74, 6) is 0.198. The summed E-state index contributed by atoms with van der Waals surface area (Å²) in [6, 6.07) is 0.